The average Bonchev–Trinajstić information content (AvgIpc) is 3.19. The SMILES string of the molecule is COCn1nc(-c2ccc(Cl)cc2)cc1C(O)(c1ccccc1)c1ccccc1. The molecule has 0 saturated heterocycles. The average molecular weight is 405 g/mol. The Balaban J connectivity index is 1.94. The zero-order valence-electron chi connectivity index (χ0n) is 16.0. The van der Waals surface area contributed by atoms with Gasteiger partial charge in [0.15, 0.2) is 5.60 Å². The van der Waals surface area contributed by atoms with Gasteiger partial charge in [-0.3, -0.25) is 0 Å². The van der Waals surface area contributed by atoms with Crippen LogP contribution in [0.2, 0.25) is 5.02 Å². The predicted octanol–water partition coefficient (Wildman–Crippen LogP) is 5.09. The molecule has 0 amide bonds. The second-order valence-corrected chi connectivity index (χ2v) is 7.22. The fourth-order valence-electron chi connectivity index (χ4n) is 3.51. The number of rotatable bonds is 6. The van der Waals surface area contributed by atoms with E-state index in [1.54, 1.807) is 11.8 Å². The summed E-state index contributed by atoms with van der Waals surface area (Å²) < 4.78 is 7.07. The molecule has 1 heterocycles. The molecule has 0 aliphatic heterocycles. The Bertz CT molecular complexity index is 1040. The summed E-state index contributed by atoms with van der Waals surface area (Å²) in [5.74, 6) is 0. The van der Waals surface area contributed by atoms with E-state index in [9.17, 15) is 5.11 Å². The fourth-order valence-corrected chi connectivity index (χ4v) is 3.64. The molecule has 4 nitrogen and oxygen atoms in total. The Morgan fingerprint density at radius 1 is 0.897 bits per heavy atom. The van der Waals surface area contributed by atoms with Gasteiger partial charge in [0, 0.05) is 17.7 Å². The molecule has 0 spiro atoms. The molecule has 1 aromatic heterocycles. The number of hydrogen-bond donors (Lipinski definition) is 1. The number of aromatic nitrogens is 2. The number of methoxy groups -OCH3 is 1. The summed E-state index contributed by atoms with van der Waals surface area (Å²) in [6, 6.07) is 28.6. The lowest BCUT2D eigenvalue weighted by Crippen LogP contribution is -2.32. The van der Waals surface area contributed by atoms with Crippen molar-refractivity contribution in [2.45, 2.75) is 12.3 Å². The molecule has 1 N–H and O–H groups in total. The van der Waals surface area contributed by atoms with E-state index in [4.69, 9.17) is 21.4 Å². The third-order valence-corrected chi connectivity index (χ3v) is 5.18. The van der Waals surface area contributed by atoms with E-state index in [0.717, 1.165) is 22.4 Å². The molecule has 0 bridgehead atoms. The van der Waals surface area contributed by atoms with Crippen molar-refractivity contribution in [3.05, 3.63) is 113 Å². The number of benzene rings is 3. The van der Waals surface area contributed by atoms with Crippen molar-refractivity contribution < 1.29 is 9.84 Å². The maximum absolute atomic E-state index is 12.1. The highest BCUT2D eigenvalue weighted by Gasteiger charge is 2.37. The Morgan fingerprint density at radius 2 is 1.45 bits per heavy atom. The van der Waals surface area contributed by atoms with Gasteiger partial charge in [0.25, 0.3) is 0 Å². The van der Waals surface area contributed by atoms with Crippen LogP contribution in [-0.4, -0.2) is 22.0 Å². The van der Waals surface area contributed by atoms with Crippen LogP contribution in [0.3, 0.4) is 0 Å². The lowest BCUT2D eigenvalue weighted by molar-refractivity contribution is 0.0811. The summed E-state index contributed by atoms with van der Waals surface area (Å²) in [6.45, 7) is 0.213. The van der Waals surface area contributed by atoms with Crippen molar-refractivity contribution in [2.75, 3.05) is 7.11 Å². The highest BCUT2D eigenvalue weighted by atomic mass is 35.5. The van der Waals surface area contributed by atoms with Crippen molar-refractivity contribution in [1.29, 1.82) is 0 Å². The monoisotopic (exact) mass is 404 g/mol. The molecule has 0 radical (unpaired) electrons. The smallest absolute Gasteiger partial charge is 0.157 e. The summed E-state index contributed by atoms with van der Waals surface area (Å²) in [5.41, 5.74) is 2.39. The van der Waals surface area contributed by atoms with Crippen LogP contribution in [0.15, 0.2) is 91.0 Å². The van der Waals surface area contributed by atoms with Crippen molar-refractivity contribution in [3.8, 4) is 11.3 Å². The van der Waals surface area contributed by atoms with Crippen LogP contribution in [0.4, 0.5) is 0 Å². The van der Waals surface area contributed by atoms with Crippen LogP contribution in [-0.2, 0) is 17.1 Å². The quantitative estimate of drug-likeness (QED) is 0.486. The van der Waals surface area contributed by atoms with Crippen molar-refractivity contribution >= 4 is 11.6 Å². The second kappa shape index (κ2) is 8.21. The van der Waals surface area contributed by atoms with E-state index in [1.807, 2.05) is 91.0 Å². The van der Waals surface area contributed by atoms with Crippen molar-refractivity contribution in [3.63, 3.8) is 0 Å². The summed E-state index contributed by atoms with van der Waals surface area (Å²) in [5, 5.41) is 17.5. The molecular formula is C24H21ClN2O2. The van der Waals surface area contributed by atoms with Crippen molar-refractivity contribution in [1.82, 2.24) is 9.78 Å². The molecule has 4 rings (SSSR count). The van der Waals surface area contributed by atoms with E-state index >= 15 is 0 Å². The standard InChI is InChI=1S/C24H21ClN2O2/c1-29-17-27-23(16-22(26-27)18-12-14-21(25)15-13-18)24(28,19-8-4-2-5-9-19)20-10-6-3-7-11-20/h2-16,28H,17H2,1H3. The minimum atomic E-state index is -1.39. The number of aliphatic hydroxyl groups is 1. The van der Waals surface area contributed by atoms with E-state index in [-0.39, 0.29) is 6.73 Å². The largest absolute Gasteiger partial charge is 0.374 e. The summed E-state index contributed by atoms with van der Waals surface area (Å²) in [7, 11) is 1.61. The molecule has 146 valence electrons. The maximum atomic E-state index is 12.1. The normalized spacial score (nSPS) is 11.6. The van der Waals surface area contributed by atoms with Gasteiger partial charge in [-0.2, -0.15) is 5.10 Å². The second-order valence-electron chi connectivity index (χ2n) is 6.78. The van der Waals surface area contributed by atoms with Gasteiger partial charge in [-0.05, 0) is 29.3 Å². The minimum Gasteiger partial charge on any atom is -0.374 e. The number of hydrogen-bond acceptors (Lipinski definition) is 3. The molecule has 5 heteroatoms. The zero-order chi connectivity index (χ0) is 20.3. The van der Waals surface area contributed by atoms with E-state index in [2.05, 4.69) is 0 Å². The topological polar surface area (TPSA) is 47.3 Å². The minimum absolute atomic E-state index is 0.213. The number of ether oxygens (including phenoxy) is 1. The molecular weight excluding hydrogens is 384 g/mol. The summed E-state index contributed by atoms with van der Waals surface area (Å²) in [6.07, 6.45) is 0. The van der Waals surface area contributed by atoms with Gasteiger partial charge >= 0.3 is 0 Å². The number of halogens is 1. The number of nitrogens with zero attached hydrogens (tertiary/aromatic N) is 2. The van der Waals surface area contributed by atoms with Crippen molar-refractivity contribution in [2.24, 2.45) is 0 Å². The van der Waals surface area contributed by atoms with Crippen LogP contribution in [0.1, 0.15) is 16.8 Å². The highest BCUT2D eigenvalue weighted by molar-refractivity contribution is 6.30. The lowest BCUT2D eigenvalue weighted by atomic mass is 9.83. The first-order valence-corrected chi connectivity index (χ1v) is 9.67. The molecule has 3 aromatic carbocycles. The van der Waals surface area contributed by atoms with Gasteiger partial charge < -0.3 is 9.84 Å². The Kier molecular flexibility index (Phi) is 5.49. The van der Waals surface area contributed by atoms with E-state index < -0.39 is 5.60 Å². The first-order chi connectivity index (χ1) is 14.1. The first-order valence-electron chi connectivity index (χ1n) is 9.29. The van der Waals surface area contributed by atoms with Crippen LogP contribution >= 0.6 is 11.6 Å². The first kappa shape index (κ1) is 19.4. The molecule has 0 saturated carbocycles. The van der Waals surface area contributed by atoms with Gasteiger partial charge in [0.05, 0.1) is 11.4 Å². The van der Waals surface area contributed by atoms with Crippen LogP contribution in [0.5, 0.6) is 0 Å². The van der Waals surface area contributed by atoms with Gasteiger partial charge in [0.2, 0.25) is 0 Å². The van der Waals surface area contributed by atoms with Gasteiger partial charge in [-0.1, -0.05) is 84.4 Å². The maximum Gasteiger partial charge on any atom is 0.157 e. The summed E-state index contributed by atoms with van der Waals surface area (Å²) >= 11 is 6.03. The Labute approximate surface area is 175 Å². The van der Waals surface area contributed by atoms with Gasteiger partial charge in [-0.25, -0.2) is 4.68 Å². The molecule has 0 atom stereocenters. The van der Waals surface area contributed by atoms with E-state index in [1.165, 1.54) is 0 Å². The van der Waals surface area contributed by atoms with E-state index in [0.29, 0.717) is 10.7 Å². The molecule has 29 heavy (non-hydrogen) atoms. The molecule has 0 fully saturated rings. The van der Waals surface area contributed by atoms with Gasteiger partial charge in [0.1, 0.15) is 6.73 Å². The predicted molar refractivity (Wildman–Crippen MR) is 115 cm³/mol. The fraction of sp³-hybridized carbons (Fsp3) is 0.125. The van der Waals surface area contributed by atoms with Crippen LogP contribution in [0.25, 0.3) is 11.3 Å². The molecule has 4 aromatic rings. The van der Waals surface area contributed by atoms with Gasteiger partial charge in [-0.15, -0.1) is 0 Å². The van der Waals surface area contributed by atoms with Crippen LogP contribution in [0, 0.1) is 0 Å². The van der Waals surface area contributed by atoms with Crippen LogP contribution < -0.4 is 0 Å². The third kappa shape index (κ3) is 3.70. The zero-order valence-corrected chi connectivity index (χ0v) is 16.8. The Hall–Kier alpha value is -2.92. The molecule has 0 aliphatic rings. The lowest BCUT2D eigenvalue weighted by Gasteiger charge is -2.30. The molecule has 0 unspecified atom stereocenters. The molecule has 0 aliphatic carbocycles. The summed E-state index contributed by atoms with van der Waals surface area (Å²) in [4.78, 5) is 0. The highest BCUT2D eigenvalue weighted by Crippen LogP contribution is 2.38. The Morgan fingerprint density at radius 3 is 1.97 bits per heavy atom. The third-order valence-electron chi connectivity index (χ3n) is 4.93.